The Kier molecular flexibility index (Phi) is 6.12. The minimum absolute atomic E-state index is 0.000141. The van der Waals surface area contributed by atoms with Gasteiger partial charge in [-0.1, -0.05) is 29.8 Å². The third-order valence-electron chi connectivity index (χ3n) is 4.84. The van der Waals surface area contributed by atoms with Gasteiger partial charge in [-0.05, 0) is 42.8 Å². The molecule has 1 fully saturated rings. The van der Waals surface area contributed by atoms with Crippen LogP contribution >= 0.6 is 11.6 Å². The summed E-state index contributed by atoms with van der Waals surface area (Å²) in [4.78, 5) is 16.8. The molecule has 0 saturated carbocycles. The van der Waals surface area contributed by atoms with Gasteiger partial charge < -0.3 is 10.2 Å². The molecule has 0 aromatic heterocycles. The van der Waals surface area contributed by atoms with Gasteiger partial charge >= 0.3 is 0 Å². The van der Waals surface area contributed by atoms with Crippen molar-refractivity contribution in [2.45, 2.75) is 19.5 Å². The van der Waals surface area contributed by atoms with Crippen LogP contribution in [0.15, 0.2) is 48.5 Å². The fourth-order valence-corrected chi connectivity index (χ4v) is 3.36. The number of carbonyl (C=O) groups excluding carboxylic acids is 1. The Morgan fingerprint density at radius 3 is 2.42 bits per heavy atom. The van der Waals surface area contributed by atoms with Crippen LogP contribution in [0.4, 0.5) is 10.1 Å². The maximum absolute atomic E-state index is 13.1. The van der Waals surface area contributed by atoms with E-state index in [-0.39, 0.29) is 17.8 Å². The van der Waals surface area contributed by atoms with Crippen molar-refractivity contribution in [1.29, 1.82) is 0 Å². The van der Waals surface area contributed by atoms with E-state index in [1.807, 2.05) is 31.2 Å². The molecule has 1 amide bonds. The van der Waals surface area contributed by atoms with Crippen LogP contribution in [0.1, 0.15) is 12.5 Å². The van der Waals surface area contributed by atoms with E-state index in [2.05, 4.69) is 15.1 Å². The van der Waals surface area contributed by atoms with Crippen LogP contribution in [0.25, 0.3) is 0 Å². The van der Waals surface area contributed by atoms with Crippen molar-refractivity contribution in [3.8, 4) is 0 Å². The van der Waals surface area contributed by atoms with Crippen molar-refractivity contribution in [2.24, 2.45) is 0 Å². The van der Waals surface area contributed by atoms with E-state index in [1.165, 1.54) is 12.1 Å². The highest BCUT2D eigenvalue weighted by Crippen LogP contribution is 2.18. The van der Waals surface area contributed by atoms with Crippen LogP contribution in [0.3, 0.4) is 0 Å². The lowest BCUT2D eigenvalue weighted by Gasteiger charge is -2.38. The zero-order valence-electron chi connectivity index (χ0n) is 14.8. The molecule has 138 valence electrons. The number of benzene rings is 2. The Hall–Kier alpha value is -2.11. The molecule has 26 heavy (non-hydrogen) atoms. The molecule has 0 spiro atoms. The molecule has 1 atom stereocenters. The molecule has 2 aromatic carbocycles. The van der Waals surface area contributed by atoms with Gasteiger partial charge in [0.15, 0.2) is 0 Å². The SMILES string of the molecule is C[C@H](C(=O)NCc1ccccc1Cl)N1CCN(c2ccc(F)cc2)CC1. The first-order valence-electron chi connectivity index (χ1n) is 8.80. The smallest absolute Gasteiger partial charge is 0.237 e. The number of nitrogens with zero attached hydrogens (tertiary/aromatic N) is 2. The van der Waals surface area contributed by atoms with Crippen molar-refractivity contribution in [1.82, 2.24) is 10.2 Å². The molecule has 0 bridgehead atoms. The lowest BCUT2D eigenvalue weighted by Crippen LogP contribution is -2.53. The zero-order valence-corrected chi connectivity index (χ0v) is 15.5. The number of hydrogen-bond donors (Lipinski definition) is 1. The molecule has 1 heterocycles. The molecular weight excluding hydrogens is 353 g/mol. The minimum atomic E-state index is -0.226. The first kappa shape index (κ1) is 18.7. The van der Waals surface area contributed by atoms with E-state index >= 15 is 0 Å². The second-order valence-corrected chi connectivity index (χ2v) is 6.89. The molecule has 1 aliphatic heterocycles. The normalized spacial score (nSPS) is 16.3. The first-order valence-corrected chi connectivity index (χ1v) is 9.18. The van der Waals surface area contributed by atoms with Crippen LogP contribution in [0.2, 0.25) is 5.02 Å². The molecule has 3 rings (SSSR count). The summed E-state index contributed by atoms with van der Waals surface area (Å²) in [5, 5.41) is 3.63. The second-order valence-electron chi connectivity index (χ2n) is 6.48. The molecule has 1 saturated heterocycles. The summed E-state index contributed by atoms with van der Waals surface area (Å²) in [6.45, 7) is 5.56. The van der Waals surface area contributed by atoms with Gasteiger partial charge in [0.1, 0.15) is 5.82 Å². The summed E-state index contributed by atoms with van der Waals surface area (Å²) in [7, 11) is 0. The van der Waals surface area contributed by atoms with E-state index in [1.54, 1.807) is 12.1 Å². The number of amides is 1. The Labute approximate surface area is 158 Å². The number of rotatable bonds is 5. The fourth-order valence-electron chi connectivity index (χ4n) is 3.16. The standard InChI is InChI=1S/C20H23ClFN3O/c1-15(20(26)23-14-16-4-2-3-5-19(16)21)24-10-12-25(13-11-24)18-8-6-17(22)7-9-18/h2-9,15H,10-14H2,1H3,(H,23,26)/t15-/m1/s1. The van der Waals surface area contributed by atoms with Gasteiger partial charge in [0.2, 0.25) is 5.91 Å². The lowest BCUT2D eigenvalue weighted by molar-refractivity contribution is -0.126. The van der Waals surface area contributed by atoms with Crippen LogP contribution in [0.5, 0.6) is 0 Å². The predicted octanol–water partition coefficient (Wildman–Crippen LogP) is 3.31. The quantitative estimate of drug-likeness (QED) is 0.870. The van der Waals surface area contributed by atoms with Gasteiger partial charge in [-0.3, -0.25) is 9.69 Å². The molecule has 2 aromatic rings. The van der Waals surface area contributed by atoms with Crippen LogP contribution in [0, 0.1) is 5.82 Å². The average molecular weight is 376 g/mol. The monoisotopic (exact) mass is 375 g/mol. The Morgan fingerprint density at radius 2 is 1.77 bits per heavy atom. The number of nitrogens with one attached hydrogen (secondary N) is 1. The summed E-state index contributed by atoms with van der Waals surface area (Å²) in [6.07, 6.45) is 0. The number of piperazine rings is 1. The Bertz CT molecular complexity index is 745. The maximum atomic E-state index is 13.1. The number of hydrogen-bond acceptors (Lipinski definition) is 3. The van der Waals surface area contributed by atoms with Crippen LogP contribution < -0.4 is 10.2 Å². The van der Waals surface area contributed by atoms with Crippen molar-refractivity contribution >= 4 is 23.2 Å². The molecule has 1 aliphatic rings. The second kappa shape index (κ2) is 8.52. The van der Waals surface area contributed by atoms with Gasteiger partial charge in [-0.2, -0.15) is 0 Å². The van der Waals surface area contributed by atoms with E-state index in [0.29, 0.717) is 11.6 Å². The van der Waals surface area contributed by atoms with Gasteiger partial charge in [-0.15, -0.1) is 0 Å². The Morgan fingerprint density at radius 1 is 1.12 bits per heavy atom. The summed E-state index contributed by atoms with van der Waals surface area (Å²) >= 11 is 6.13. The number of halogens is 2. The van der Waals surface area contributed by atoms with E-state index < -0.39 is 0 Å². The number of carbonyl (C=O) groups is 1. The molecule has 4 nitrogen and oxygen atoms in total. The maximum Gasteiger partial charge on any atom is 0.237 e. The summed E-state index contributed by atoms with van der Waals surface area (Å²) in [5.41, 5.74) is 1.93. The first-order chi connectivity index (χ1) is 12.5. The van der Waals surface area contributed by atoms with E-state index in [9.17, 15) is 9.18 Å². The summed E-state index contributed by atoms with van der Waals surface area (Å²) < 4.78 is 13.1. The molecular formula is C20H23ClFN3O. The minimum Gasteiger partial charge on any atom is -0.369 e. The zero-order chi connectivity index (χ0) is 18.5. The lowest BCUT2D eigenvalue weighted by atomic mass is 10.2. The fraction of sp³-hybridized carbons (Fsp3) is 0.350. The molecule has 6 heteroatoms. The predicted molar refractivity (Wildman–Crippen MR) is 103 cm³/mol. The van der Waals surface area contributed by atoms with Gasteiger partial charge in [0, 0.05) is 43.4 Å². The van der Waals surface area contributed by atoms with Crippen molar-refractivity contribution in [2.75, 3.05) is 31.1 Å². The third-order valence-corrected chi connectivity index (χ3v) is 5.21. The number of anilines is 1. The average Bonchev–Trinajstić information content (AvgIpc) is 2.67. The van der Waals surface area contributed by atoms with Crippen molar-refractivity contribution in [3.05, 3.63) is 64.9 Å². The van der Waals surface area contributed by atoms with Crippen LogP contribution in [-0.2, 0) is 11.3 Å². The van der Waals surface area contributed by atoms with Gasteiger partial charge in [0.25, 0.3) is 0 Å². The molecule has 0 radical (unpaired) electrons. The van der Waals surface area contributed by atoms with Crippen molar-refractivity contribution in [3.63, 3.8) is 0 Å². The largest absolute Gasteiger partial charge is 0.369 e. The summed E-state index contributed by atoms with van der Waals surface area (Å²) in [5.74, 6) is -0.226. The highest BCUT2D eigenvalue weighted by Gasteiger charge is 2.25. The molecule has 0 unspecified atom stereocenters. The topological polar surface area (TPSA) is 35.6 Å². The third kappa shape index (κ3) is 4.54. The van der Waals surface area contributed by atoms with Crippen molar-refractivity contribution < 1.29 is 9.18 Å². The highest BCUT2D eigenvalue weighted by molar-refractivity contribution is 6.31. The highest BCUT2D eigenvalue weighted by atomic mass is 35.5. The van der Waals surface area contributed by atoms with Gasteiger partial charge in [-0.25, -0.2) is 4.39 Å². The van der Waals surface area contributed by atoms with E-state index in [0.717, 1.165) is 37.4 Å². The summed E-state index contributed by atoms with van der Waals surface area (Å²) in [6, 6.07) is 13.9. The van der Waals surface area contributed by atoms with E-state index in [4.69, 9.17) is 11.6 Å². The van der Waals surface area contributed by atoms with Crippen LogP contribution in [-0.4, -0.2) is 43.0 Å². The Balaban J connectivity index is 1.49. The molecule has 0 aliphatic carbocycles. The molecule has 1 N–H and O–H groups in total. The van der Waals surface area contributed by atoms with Gasteiger partial charge in [0.05, 0.1) is 6.04 Å².